The number of para-hydroxylation sites is 3. The van der Waals surface area contributed by atoms with Crippen LogP contribution in [0.3, 0.4) is 0 Å². The molecule has 117 heavy (non-hydrogen) atoms. The SMILES string of the molecule is C=CCOc1ccc(CCC[Si](OCC)(OCC)OCC)cc1.C=COc1ccc(CCC[Si](OCC)(OCC)OCC)cc1.CCO[SiH](CCCc1ccccc1O)OCC.CCO[Si](CCCc1ccc(OC(=O)OC(C)(C)C)cc1)(OCC)OCC.CO[SiH](CCCc1ccccc1O)OC.Oc1ccccc1CCC[SiH](Cl)Cl. The summed E-state index contributed by atoms with van der Waals surface area (Å²) < 4.78 is 95.5. The lowest BCUT2D eigenvalue weighted by molar-refractivity contribution is 0.0205. The highest BCUT2D eigenvalue weighted by atomic mass is 35.7. The van der Waals surface area contributed by atoms with E-state index in [1.165, 1.54) is 17.4 Å². The maximum Gasteiger partial charge on any atom is 0.514 e. The van der Waals surface area contributed by atoms with Crippen molar-refractivity contribution in [3.63, 3.8) is 0 Å². The third kappa shape index (κ3) is 51.7. The van der Waals surface area contributed by atoms with Gasteiger partial charge >= 0.3 is 51.1 Å². The number of phenols is 3. The number of halogens is 2. The fourth-order valence-electron chi connectivity index (χ4n) is 11.8. The summed E-state index contributed by atoms with van der Waals surface area (Å²) in [5.41, 5.74) is 6.11. The number of carbonyl (C=O) groups is 1. The van der Waals surface area contributed by atoms with Crippen LogP contribution in [-0.2, 0) is 101 Å². The van der Waals surface area contributed by atoms with Crippen LogP contribution in [0, 0.1) is 0 Å². The van der Waals surface area contributed by atoms with E-state index in [9.17, 15) is 20.1 Å². The third-order valence-corrected chi connectivity index (χ3v) is 32.7. The van der Waals surface area contributed by atoms with Gasteiger partial charge in [-0.05, 0) is 280 Å². The molecule has 0 aliphatic heterocycles. The predicted molar refractivity (Wildman–Crippen MR) is 488 cm³/mol. The van der Waals surface area contributed by atoms with E-state index < -0.39 is 64.2 Å². The summed E-state index contributed by atoms with van der Waals surface area (Å²) in [6.45, 7) is 41.9. The van der Waals surface area contributed by atoms with E-state index in [0.29, 0.717) is 89.1 Å². The van der Waals surface area contributed by atoms with Crippen molar-refractivity contribution in [3.05, 3.63) is 204 Å². The first-order chi connectivity index (χ1) is 56.4. The van der Waals surface area contributed by atoms with Gasteiger partial charge in [-0.2, -0.15) is 22.2 Å². The molecule has 6 aromatic carbocycles. The van der Waals surface area contributed by atoms with Crippen molar-refractivity contribution in [1.29, 1.82) is 0 Å². The minimum absolute atomic E-state index is 0.366. The number of benzene rings is 6. The Kier molecular flexibility index (Phi) is 63.6. The summed E-state index contributed by atoms with van der Waals surface area (Å²) in [5.74, 6) is 3.28. The van der Waals surface area contributed by atoms with Crippen molar-refractivity contribution in [2.75, 3.05) is 93.5 Å². The number of aromatic hydroxyl groups is 3. The van der Waals surface area contributed by atoms with E-state index in [1.54, 1.807) is 71.4 Å². The smallest absolute Gasteiger partial charge is 0.508 e. The lowest BCUT2D eigenvalue weighted by atomic mass is 10.1. The van der Waals surface area contributed by atoms with Crippen molar-refractivity contribution in [3.8, 4) is 34.5 Å². The number of ether oxygens (including phenoxy) is 4. The molecule has 0 aliphatic rings. The van der Waals surface area contributed by atoms with Crippen LogP contribution in [0.25, 0.3) is 0 Å². The zero-order valence-electron chi connectivity index (χ0n) is 73.3. The summed E-state index contributed by atoms with van der Waals surface area (Å²) in [6.07, 6.45) is 13.7. The Morgan fingerprint density at radius 1 is 0.402 bits per heavy atom. The van der Waals surface area contributed by atoms with E-state index in [1.807, 2.05) is 167 Å². The standard InChI is InChI=1S/C20H34O6Si.C18H30O4Si.C17H28O4Si.C13H22O3Si.C11H18O3Si.C9H12Cl2OSi/c1-7-22-27(23-8-2,24-9-3)16-10-11-17-12-14-18(15-13-17)25-19(21)26-20(4,5)6;1-5-15-19-18-13-11-17(12-14-18)10-9-16-23(20-6-2,21-7-3)22-8-4;1-5-18-17-13-11-16(12-14-17)10-9-15-22(19-6-2,20-7-3)21-8-4;1-3-15-17(16-4-2)11-7-9-12-8-5-6-10-13(12)14;1-13-15(14-2)9-5-7-10-6-3-4-8-11(10)12;10-13(11)7-3-5-8-4-1-2-6-9(8)12/h12-15H,7-11,16H2,1-6H3;5,11-14H,1,6-10,15-16H2,2-4H3;5,11-14H,1,6-10,15H2,2-4H3;5-6,8,10,14,17H,3-4,7,9,11H2,1-2H3;3-4,6,8,12,15H,5,7,9H2,1-2H3;1-2,4,6,12-13H,3,5,7H2. The van der Waals surface area contributed by atoms with Crippen molar-refractivity contribution in [1.82, 2.24) is 0 Å². The van der Waals surface area contributed by atoms with Crippen molar-refractivity contribution >= 4 is 80.7 Å². The van der Waals surface area contributed by atoms with Crippen LogP contribution < -0.4 is 14.2 Å². The van der Waals surface area contributed by atoms with Gasteiger partial charge in [0.2, 0.25) is 7.42 Å². The number of phenolic OH excluding ortho intramolecular Hbond substituents is 3. The van der Waals surface area contributed by atoms with Gasteiger partial charge in [0.1, 0.15) is 46.7 Å². The van der Waals surface area contributed by atoms with Crippen LogP contribution >= 0.6 is 22.2 Å². The van der Waals surface area contributed by atoms with E-state index in [2.05, 4.69) is 37.4 Å². The molecule has 0 radical (unpaired) electrons. The third-order valence-electron chi connectivity index (χ3n) is 16.9. The Labute approximate surface area is 721 Å². The molecule has 0 fully saturated rings. The molecule has 0 unspecified atom stereocenters. The van der Waals surface area contributed by atoms with Gasteiger partial charge in [0.05, 0.1) is 6.26 Å². The molecule has 3 N–H and O–H groups in total. The first-order valence-corrected chi connectivity index (χ1v) is 55.3. The van der Waals surface area contributed by atoms with Gasteiger partial charge in [-0.25, -0.2) is 4.79 Å². The number of carbonyl (C=O) groups excluding carboxylic acids is 1. The van der Waals surface area contributed by atoms with Gasteiger partial charge < -0.3 is 91.8 Å². The molecule has 29 heteroatoms. The number of rotatable bonds is 54. The zero-order chi connectivity index (χ0) is 86.9. The summed E-state index contributed by atoms with van der Waals surface area (Å²) in [6, 6.07) is 51.3. The molecule has 0 atom stereocenters. The molecule has 6 aromatic rings. The molecule has 0 amide bonds. The average molecular weight is 1780 g/mol. The quantitative estimate of drug-likeness (QED) is 0.00804. The highest BCUT2D eigenvalue weighted by Crippen LogP contribution is 2.27. The second kappa shape index (κ2) is 68.0. The summed E-state index contributed by atoms with van der Waals surface area (Å²) in [7, 11) is -8.59. The van der Waals surface area contributed by atoms with Gasteiger partial charge in [-0.3, -0.25) is 0 Å². The van der Waals surface area contributed by atoms with Crippen LogP contribution in [-0.4, -0.2) is 173 Å². The van der Waals surface area contributed by atoms with Crippen LogP contribution in [0.1, 0.15) is 169 Å². The van der Waals surface area contributed by atoms with E-state index in [4.69, 9.17) is 98.6 Å². The first kappa shape index (κ1) is 109. The molecule has 0 spiro atoms. The molecule has 0 aromatic heterocycles. The van der Waals surface area contributed by atoms with Crippen molar-refractivity contribution < 1.29 is 96.6 Å². The van der Waals surface area contributed by atoms with Gasteiger partial charge in [-0.15, -0.1) is 0 Å². The topological polar surface area (TPSA) is 235 Å². The Hall–Kier alpha value is -5.57. The summed E-state index contributed by atoms with van der Waals surface area (Å²) in [4.78, 5) is 11.7. The van der Waals surface area contributed by atoms with Crippen LogP contribution in [0.5, 0.6) is 34.5 Å². The normalized spacial score (nSPS) is 11.4. The highest BCUT2D eigenvalue weighted by molar-refractivity contribution is 7.33. The molecule has 660 valence electrons. The minimum atomic E-state index is -2.59. The molecule has 0 aliphatic carbocycles. The Morgan fingerprint density at radius 2 is 0.709 bits per heavy atom. The fraction of sp³-hybridized carbons (Fsp3) is 0.534. The largest absolute Gasteiger partial charge is 0.514 e. The van der Waals surface area contributed by atoms with E-state index >= 15 is 0 Å². The molecule has 6 rings (SSSR count). The monoisotopic (exact) mass is 1770 g/mol. The second-order valence-corrected chi connectivity index (χ2v) is 45.0. The zero-order valence-corrected chi connectivity index (χ0v) is 81.3. The molecule has 21 nitrogen and oxygen atoms in total. The number of hydrogen-bond acceptors (Lipinski definition) is 21. The van der Waals surface area contributed by atoms with Crippen LogP contribution in [0.15, 0.2) is 171 Å². The molecule has 0 saturated heterocycles. The van der Waals surface area contributed by atoms with Gasteiger partial charge in [0.15, 0.2) is 0 Å². The maximum absolute atomic E-state index is 11.7. The van der Waals surface area contributed by atoms with Gasteiger partial charge in [0.25, 0.3) is 0 Å². The fourth-order valence-corrected chi connectivity index (χ4v) is 24.0. The second-order valence-electron chi connectivity index (χ2n) is 27.1. The van der Waals surface area contributed by atoms with Crippen molar-refractivity contribution in [2.45, 2.75) is 216 Å². The van der Waals surface area contributed by atoms with Crippen LogP contribution in [0.2, 0.25) is 36.3 Å². The molecule has 0 heterocycles. The molecular formula is C88H144Cl2O21Si6. The van der Waals surface area contributed by atoms with Crippen LogP contribution in [0.4, 0.5) is 4.79 Å². The van der Waals surface area contributed by atoms with Gasteiger partial charge in [0, 0.05) is 105 Å². The lowest BCUT2D eigenvalue weighted by Crippen LogP contribution is -2.46. The maximum atomic E-state index is 11.7. The average Bonchev–Trinajstić information content (AvgIpc) is 0.877. The first-order valence-electron chi connectivity index (χ1n) is 41.7. The van der Waals surface area contributed by atoms with Crippen molar-refractivity contribution in [2.24, 2.45) is 0 Å². The highest BCUT2D eigenvalue weighted by Gasteiger charge is 2.42. The van der Waals surface area contributed by atoms with E-state index in [0.717, 1.165) is 160 Å². The predicted octanol–water partition coefficient (Wildman–Crippen LogP) is 20.9. The summed E-state index contributed by atoms with van der Waals surface area (Å²) in [5, 5.41) is 28.6. The Balaban J connectivity index is 0.000000713. The van der Waals surface area contributed by atoms with E-state index in [-0.39, 0.29) is 0 Å². The van der Waals surface area contributed by atoms with Gasteiger partial charge in [-0.1, -0.05) is 110 Å². The lowest BCUT2D eigenvalue weighted by Gasteiger charge is -2.28. The number of aryl methyl sites for hydroxylation is 6. The summed E-state index contributed by atoms with van der Waals surface area (Å²) >= 11 is 11.5. The molecule has 0 bridgehead atoms. The Bertz CT molecular complexity index is 3360. The minimum Gasteiger partial charge on any atom is -0.508 e. The molecule has 0 saturated carbocycles. The Morgan fingerprint density at radius 3 is 0.991 bits per heavy atom. The number of hydrogen-bond donors (Lipinski definition) is 3. The molecular weight excluding hydrogens is 1630 g/mol.